The second-order valence-electron chi connectivity index (χ2n) is 6.02. The Labute approximate surface area is 157 Å². The van der Waals surface area contributed by atoms with Crippen molar-refractivity contribution >= 4 is 23.6 Å². The molecule has 2 aromatic carbocycles. The first-order chi connectivity index (χ1) is 13.1. The largest absolute Gasteiger partial charge is 0.457 e. The first-order valence-corrected chi connectivity index (χ1v) is 8.63. The number of anilines is 3. The number of esters is 1. The van der Waals surface area contributed by atoms with E-state index in [1.807, 2.05) is 61.5 Å². The molecule has 1 aromatic heterocycles. The first-order valence-electron chi connectivity index (χ1n) is 8.63. The number of carbonyl (C=O) groups excluding carboxylic acids is 1. The van der Waals surface area contributed by atoms with Gasteiger partial charge in [-0.15, -0.1) is 0 Å². The van der Waals surface area contributed by atoms with Gasteiger partial charge in [0.05, 0.1) is 0 Å². The number of nitrogens with zero attached hydrogens (tertiary/aromatic N) is 3. The summed E-state index contributed by atoms with van der Waals surface area (Å²) in [5, 5.41) is 3.11. The second kappa shape index (κ2) is 8.75. The predicted octanol–water partition coefficient (Wildman–Crippen LogP) is 3.18. The average molecular weight is 363 g/mol. The zero-order valence-electron chi connectivity index (χ0n) is 15.1. The summed E-state index contributed by atoms with van der Waals surface area (Å²) in [4.78, 5) is 24.3. The quantitative estimate of drug-likeness (QED) is 0.621. The molecular formula is C20H21N5O2. The molecule has 0 unspecified atom stereocenters. The van der Waals surface area contributed by atoms with Crippen LogP contribution in [0.3, 0.4) is 0 Å². The van der Waals surface area contributed by atoms with Crippen LogP contribution >= 0.6 is 0 Å². The van der Waals surface area contributed by atoms with Gasteiger partial charge < -0.3 is 15.8 Å². The molecule has 0 radical (unpaired) electrons. The van der Waals surface area contributed by atoms with Crippen LogP contribution in [0, 0.1) is 6.92 Å². The Morgan fingerprint density at radius 2 is 1.78 bits per heavy atom. The third-order valence-corrected chi connectivity index (χ3v) is 3.91. The van der Waals surface area contributed by atoms with Crippen LogP contribution in [0.1, 0.15) is 23.4 Å². The fourth-order valence-corrected chi connectivity index (χ4v) is 2.50. The number of rotatable bonds is 7. The summed E-state index contributed by atoms with van der Waals surface area (Å²) in [7, 11) is 0. The Morgan fingerprint density at radius 1 is 1.04 bits per heavy atom. The van der Waals surface area contributed by atoms with Crippen molar-refractivity contribution in [2.45, 2.75) is 26.4 Å². The summed E-state index contributed by atoms with van der Waals surface area (Å²) in [5.74, 6) is 0.362. The molecule has 0 saturated heterocycles. The van der Waals surface area contributed by atoms with Gasteiger partial charge in [0.1, 0.15) is 0 Å². The number of nitrogens with two attached hydrogens (primary N) is 1. The third-order valence-electron chi connectivity index (χ3n) is 3.91. The zero-order chi connectivity index (χ0) is 19.1. The number of carbonyl (C=O) groups is 1. The summed E-state index contributed by atoms with van der Waals surface area (Å²) < 4.78 is 5.26. The molecule has 3 aromatic rings. The van der Waals surface area contributed by atoms with Crippen molar-refractivity contribution in [3.63, 3.8) is 0 Å². The number of aryl methyl sites for hydroxylation is 2. The smallest absolute Gasteiger partial charge is 0.306 e. The van der Waals surface area contributed by atoms with E-state index in [1.54, 1.807) is 0 Å². The van der Waals surface area contributed by atoms with Gasteiger partial charge in [-0.3, -0.25) is 4.79 Å². The lowest BCUT2D eigenvalue weighted by molar-refractivity contribution is -0.145. The van der Waals surface area contributed by atoms with Crippen molar-refractivity contribution in [1.82, 2.24) is 15.0 Å². The summed E-state index contributed by atoms with van der Waals surface area (Å²) in [6.45, 7) is 1.92. The number of benzene rings is 2. The molecule has 0 bridgehead atoms. The van der Waals surface area contributed by atoms with Crippen LogP contribution < -0.4 is 11.1 Å². The molecule has 27 heavy (non-hydrogen) atoms. The predicted molar refractivity (Wildman–Crippen MR) is 103 cm³/mol. The highest BCUT2D eigenvalue weighted by Crippen LogP contribution is 2.18. The maximum Gasteiger partial charge on any atom is 0.306 e. The van der Waals surface area contributed by atoms with Crippen molar-refractivity contribution < 1.29 is 9.53 Å². The second-order valence-corrected chi connectivity index (χ2v) is 6.02. The van der Waals surface area contributed by atoms with E-state index in [9.17, 15) is 4.79 Å². The van der Waals surface area contributed by atoms with E-state index in [0.717, 1.165) is 16.8 Å². The molecule has 0 spiro atoms. The minimum Gasteiger partial charge on any atom is -0.457 e. The number of ether oxygens (including phenoxy) is 1. The Hall–Kier alpha value is -3.48. The van der Waals surface area contributed by atoms with Crippen LogP contribution in [0.25, 0.3) is 0 Å². The van der Waals surface area contributed by atoms with E-state index >= 15 is 0 Å². The highest BCUT2D eigenvalue weighted by molar-refractivity contribution is 5.69. The molecule has 138 valence electrons. The van der Waals surface area contributed by atoms with Crippen molar-refractivity contribution in [3.05, 3.63) is 71.5 Å². The van der Waals surface area contributed by atoms with Gasteiger partial charge >= 0.3 is 5.97 Å². The third kappa shape index (κ3) is 5.50. The van der Waals surface area contributed by atoms with Crippen LogP contribution in [0.15, 0.2) is 54.6 Å². The van der Waals surface area contributed by atoms with E-state index in [1.165, 1.54) is 0 Å². The van der Waals surface area contributed by atoms with Gasteiger partial charge in [-0.05, 0) is 30.5 Å². The number of nitrogen functional groups attached to an aromatic ring is 1. The first kappa shape index (κ1) is 18.3. The highest BCUT2D eigenvalue weighted by atomic mass is 16.5. The van der Waals surface area contributed by atoms with Crippen molar-refractivity contribution in [2.24, 2.45) is 0 Å². The molecule has 0 aliphatic carbocycles. The van der Waals surface area contributed by atoms with Crippen LogP contribution in [-0.2, 0) is 22.6 Å². The molecule has 0 atom stereocenters. The molecule has 3 rings (SSSR count). The maximum absolute atomic E-state index is 12.0. The van der Waals surface area contributed by atoms with Gasteiger partial charge in [0.25, 0.3) is 0 Å². The maximum atomic E-state index is 12.0. The van der Waals surface area contributed by atoms with E-state index in [-0.39, 0.29) is 18.5 Å². The molecule has 0 aliphatic rings. The van der Waals surface area contributed by atoms with Crippen LogP contribution in [0.2, 0.25) is 0 Å². The van der Waals surface area contributed by atoms with E-state index < -0.39 is 0 Å². The van der Waals surface area contributed by atoms with Crippen LogP contribution in [0.5, 0.6) is 0 Å². The van der Waals surface area contributed by atoms with Gasteiger partial charge in [-0.2, -0.15) is 15.0 Å². The normalized spacial score (nSPS) is 10.4. The molecule has 0 aliphatic heterocycles. The van der Waals surface area contributed by atoms with Crippen LogP contribution in [-0.4, -0.2) is 20.9 Å². The van der Waals surface area contributed by atoms with E-state index in [2.05, 4.69) is 20.3 Å². The highest BCUT2D eigenvalue weighted by Gasteiger charge is 2.09. The molecule has 1 heterocycles. The number of para-hydroxylation sites is 1. The molecule has 7 heteroatoms. The lowest BCUT2D eigenvalue weighted by Gasteiger charge is -2.09. The molecule has 0 amide bonds. The van der Waals surface area contributed by atoms with Crippen molar-refractivity contribution in [2.75, 3.05) is 11.1 Å². The summed E-state index contributed by atoms with van der Waals surface area (Å²) in [6.07, 6.45) is 0.915. The molecule has 7 nitrogen and oxygen atoms in total. The molecule has 0 fully saturated rings. The zero-order valence-corrected chi connectivity index (χ0v) is 15.1. The topological polar surface area (TPSA) is 103 Å². The minimum absolute atomic E-state index is 0.0528. The molecule has 0 saturated carbocycles. The summed E-state index contributed by atoms with van der Waals surface area (Å²) in [6, 6.07) is 17.5. The Kier molecular flexibility index (Phi) is 5.94. The van der Waals surface area contributed by atoms with Gasteiger partial charge in [0, 0.05) is 12.1 Å². The number of hydrogen-bond donors (Lipinski definition) is 2. The van der Waals surface area contributed by atoms with Gasteiger partial charge in [0.2, 0.25) is 11.9 Å². The molecule has 3 N–H and O–H groups in total. The lowest BCUT2D eigenvalue weighted by atomic mass is 10.1. The monoisotopic (exact) mass is 363 g/mol. The van der Waals surface area contributed by atoms with Gasteiger partial charge in [-0.1, -0.05) is 48.5 Å². The van der Waals surface area contributed by atoms with E-state index in [4.69, 9.17) is 10.5 Å². The lowest BCUT2D eigenvalue weighted by Crippen LogP contribution is -2.11. The number of hydrogen-bond acceptors (Lipinski definition) is 7. The fraction of sp³-hybridized carbons (Fsp3) is 0.200. The van der Waals surface area contributed by atoms with Crippen molar-refractivity contribution in [3.8, 4) is 0 Å². The Morgan fingerprint density at radius 3 is 2.56 bits per heavy atom. The van der Waals surface area contributed by atoms with Crippen LogP contribution in [0.4, 0.5) is 17.6 Å². The Bertz CT molecular complexity index is 915. The number of nitrogens with one attached hydrogen (secondary N) is 1. The number of aromatic nitrogens is 3. The molecular weight excluding hydrogens is 342 g/mol. The van der Waals surface area contributed by atoms with Crippen molar-refractivity contribution in [1.29, 1.82) is 0 Å². The summed E-state index contributed by atoms with van der Waals surface area (Å²) >= 11 is 0. The van der Waals surface area contributed by atoms with E-state index in [0.29, 0.717) is 24.6 Å². The summed E-state index contributed by atoms with van der Waals surface area (Å²) in [5.41, 5.74) is 8.75. The average Bonchev–Trinajstić information content (AvgIpc) is 2.67. The Balaban J connectivity index is 1.57. The minimum atomic E-state index is -0.314. The van der Waals surface area contributed by atoms with Gasteiger partial charge in [0.15, 0.2) is 12.4 Å². The standard InChI is InChI=1S/C20H21N5O2/c1-14-7-5-6-10-16(14)22-20-24-17(23-19(21)25-20)13-27-18(26)12-11-15-8-3-2-4-9-15/h2-10H,11-13H2,1H3,(H3,21,22,23,24,25). The van der Waals surface area contributed by atoms with Gasteiger partial charge in [-0.25, -0.2) is 0 Å². The SMILES string of the molecule is Cc1ccccc1Nc1nc(N)nc(COC(=O)CCc2ccccc2)n1. The fourth-order valence-electron chi connectivity index (χ4n) is 2.50.